The minimum Gasteiger partial charge on any atom is -0.505 e. The molecule has 2 atom stereocenters. The molecule has 9 heteroatoms. The lowest BCUT2D eigenvalue weighted by Gasteiger charge is -2.27. The minimum absolute atomic E-state index is 0.0367. The average molecular weight is 493 g/mol. The van der Waals surface area contributed by atoms with E-state index in [0.717, 1.165) is 5.56 Å². The van der Waals surface area contributed by atoms with Crippen molar-refractivity contribution in [2.75, 3.05) is 24.7 Å². The highest BCUT2D eigenvalue weighted by Crippen LogP contribution is 2.32. The summed E-state index contributed by atoms with van der Waals surface area (Å²) in [5, 5.41) is 19.3. The lowest BCUT2D eigenvalue weighted by atomic mass is 9.99. The summed E-state index contributed by atoms with van der Waals surface area (Å²) < 4.78 is 0. The lowest BCUT2D eigenvalue weighted by Crippen LogP contribution is -2.47. The van der Waals surface area contributed by atoms with E-state index in [9.17, 15) is 24.3 Å². The van der Waals surface area contributed by atoms with E-state index in [-0.39, 0.29) is 46.2 Å². The molecule has 4 N–H and O–H groups in total. The van der Waals surface area contributed by atoms with Crippen molar-refractivity contribution in [3.63, 3.8) is 0 Å². The molecule has 36 heavy (non-hydrogen) atoms. The first-order valence-corrected chi connectivity index (χ1v) is 11.8. The summed E-state index contributed by atoms with van der Waals surface area (Å²) in [7, 11) is 3.11. The van der Waals surface area contributed by atoms with E-state index in [0.29, 0.717) is 6.42 Å². The van der Waals surface area contributed by atoms with Gasteiger partial charge >= 0.3 is 0 Å². The molecular formula is C27H32N4O5. The van der Waals surface area contributed by atoms with Crippen LogP contribution < -0.4 is 26.8 Å². The Morgan fingerprint density at radius 1 is 0.944 bits per heavy atom. The number of rotatable bonds is 10. The maximum absolute atomic E-state index is 13.2. The maximum Gasteiger partial charge on any atom is 0.257 e. The molecule has 0 spiro atoms. The fourth-order valence-electron chi connectivity index (χ4n) is 3.90. The van der Waals surface area contributed by atoms with E-state index in [4.69, 9.17) is 0 Å². The third kappa shape index (κ3) is 5.40. The largest absolute Gasteiger partial charge is 0.505 e. The Labute approximate surface area is 209 Å². The van der Waals surface area contributed by atoms with E-state index in [1.165, 1.54) is 17.0 Å². The van der Waals surface area contributed by atoms with Crippen LogP contribution in [0.15, 0.2) is 58.1 Å². The first-order valence-electron chi connectivity index (χ1n) is 11.8. The molecule has 3 rings (SSSR count). The topological polar surface area (TPSA) is 128 Å². The van der Waals surface area contributed by atoms with Crippen molar-refractivity contribution < 1.29 is 14.7 Å². The minimum atomic E-state index is -0.790. The van der Waals surface area contributed by atoms with E-state index >= 15 is 0 Å². The molecule has 0 unspecified atom stereocenters. The second kappa shape index (κ2) is 11.1. The molecule has 0 aliphatic heterocycles. The quantitative estimate of drug-likeness (QED) is 0.253. The van der Waals surface area contributed by atoms with Gasteiger partial charge in [0, 0.05) is 14.1 Å². The van der Waals surface area contributed by atoms with Crippen LogP contribution in [0.25, 0.3) is 0 Å². The van der Waals surface area contributed by atoms with Crippen molar-refractivity contribution >= 4 is 28.9 Å². The van der Waals surface area contributed by atoms with E-state index in [1.807, 2.05) is 51.1 Å². The molecule has 0 bridgehead atoms. The van der Waals surface area contributed by atoms with E-state index < -0.39 is 22.8 Å². The fraction of sp³-hybridized carbons (Fsp3) is 0.333. The zero-order valence-corrected chi connectivity index (χ0v) is 21.1. The predicted molar refractivity (Wildman–Crippen MR) is 141 cm³/mol. The van der Waals surface area contributed by atoms with E-state index in [2.05, 4.69) is 16.0 Å². The van der Waals surface area contributed by atoms with Crippen LogP contribution in [0, 0.1) is 5.92 Å². The number of hydrogen-bond donors (Lipinski definition) is 4. The number of carbonyl (C=O) groups is 2. The number of anilines is 3. The van der Waals surface area contributed by atoms with Crippen LogP contribution in [-0.4, -0.2) is 42.0 Å². The van der Waals surface area contributed by atoms with Gasteiger partial charge in [0.15, 0.2) is 5.75 Å². The van der Waals surface area contributed by atoms with Gasteiger partial charge in [0.05, 0.1) is 17.3 Å². The molecule has 0 aromatic heterocycles. The molecule has 0 fully saturated rings. The summed E-state index contributed by atoms with van der Waals surface area (Å²) in [6, 6.07) is 13.1. The molecule has 0 aliphatic rings. The van der Waals surface area contributed by atoms with Gasteiger partial charge in [-0.1, -0.05) is 57.2 Å². The van der Waals surface area contributed by atoms with Crippen molar-refractivity contribution in [1.82, 2.24) is 10.2 Å². The highest BCUT2D eigenvalue weighted by molar-refractivity contribution is 5.99. The Morgan fingerprint density at radius 3 is 2.17 bits per heavy atom. The molecule has 0 radical (unpaired) electrons. The number of carbonyl (C=O) groups excluding carboxylic acids is 2. The molecule has 190 valence electrons. The van der Waals surface area contributed by atoms with Crippen molar-refractivity contribution in [2.24, 2.45) is 5.92 Å². The Hall–Kier alpha value is -4.14. The summed E-state index contributed by atoms with van der Waals surface area (Å²) in [5.74, 6) is -1.27. The zero-order valence-electron chi connectivity index (χ0n) is 21.1. The number of nitrogens with one attached hydrogen (secondary N) is 3. The van der Waals surface area contributed by atoms with Gasteiger partial charge in [0.2, 0.25) is 5.91 Å². The Kier molecular flexibility index (Phi) is 8.14. The maximum atomic E-state index is 13.2. The number of phenolic OH excluding ortho intramolecular Hbond substituents is 1. The number of aromatic hydroxyl groups is 1. The Bertz CT molecular complexity index is 1310. The van der Waals surface area contributed by atoms with Crippen LogP contribution in [0.2, 0.25) is 0 Å². The summed E-state index contributed by atoms with van der Waals surface area (Å²) in [5.41, 5.74) is -0.535. The summed E-state index contributed by atoms with van der Waals surface area (Å²) in [6.45, 7) is 5.64. The SMILES string of the molecule is CC[C@H](NC(=O)[C@H](Nc1c(Nc2cccc(C(=O)N(C)C)c2O)c(=O)c1=O)C(C)C)c1ccccc1. The van der Waals surface area contributed by atoms with Crippen LogP contribution in [-0.2, 0) is 4.79 Å². The molecule has 0 heterocycles. The molecule has 3 aromatic rings. The summed E-state index contributed by atoms with van der Waals surface area (Å²) >= 11 is 0. The predicted octanol–water partition coefficient (Wildman–Crippen LogP) is 3.14. The summed E-state index contributed by atoms with van der Waals surface area (Å²) in [6.07, 6.45) is 0.675. The monoisotopic (exact) mass is 492 g/mol. The van der Waals surface area contributed by atoms with Gasteiger partial charge in [-0.25, -0.2) is 0 Å². The second-order valence-electron chi connectivity index (χ2n) is 9.18. The summed E-state index contributed by atoms with van der Waals surface area (Å²) in [4.78, 5) is 51.6. The van der Waals surface area contributed by atoms with Crippen LogP contribution in [0.1, 0.15) is 49.2 Å². The van der Waals surface area contributed by atoms with Crippen molar-refractivity contribution in [3.8, 4) is 5.75 Å². The van der Waals surface area contributed by atoms with Gasteiger partial charge in [0.1, 0.15) is 17.4 Å². The normalized spacial score (nSPS) is 12.7. The highest BCUT2D eigenvalue weighted by Gasteiger charge is 2.30. The Morgan fingerprint density at radius 2 is 1.58 bits per heavy atom. The molecule has 0 saturated heterocycles. The van der Waals surface area contributed by atoms with Crippen LogP contribution in [0.5, 0.6) is 5.75 Å². The molecule has 3 aromatic carbocycles. The number of amides is 2. The highest BCUT2D eigenvalue weighted by atomic mass is 16.3. The third-order valence-electron chi connectivity index (χ3n) is 6.02. The number of para-hydroxylation sites is 1. The average Bonchev–Trinajstić information content (AvgIpc) is 2.87. The molecule has 9 nitrogen and oxygen atoms in total. The van der Waals surface area contributed by atoms with Gasteiger partial charge < -0.3 is 26.0 Å². The van der Waals surface area contributed by atoms with Crippen molar-refractivity contribution in [1.29, 1.82) is 0 Å². The van der Waals surface area contributed by atoms with E-state index in [1.54, 1.807) is 20.2 Å². The second-order valence-corrected chi connectivity index (χ2v) is 9.18. The number of benzene rings is 2. The lowest BCUT2D eigenvalue weighted by molar-refractivity contribution is -0.123. The smallest absolute Gasteiger partial charge is 0.257 e. The zero-order chi connectivity index (χ0) is 26.6. The van der Waals surface area contributed by atoms with Gasteiger partial charge in [-0.2, -0.15) is 0 Å². The van der Waals surface area contributed by atoms with Crippen LogP contribution >= 0.6 is 0 Å². The van der Waals surface area contributed by atoms with Crippen molar-refractivity contribution in [2.45, 2.75) is 39.3 Å². The van der Waals surface area contributed by atoms with Gasteiger partial charge in [-0.3, -0.25) is 19.2 Å². The fourth-order valence-corrected chi connectivity index (χ4v) is 3.90. The number of hydrogen-bond acceptors (Lipinski definition) is 7. The molecular weight excluding hydrogens is 460 g/mol. The van der Waals surface area contributed by atoms with Crippen LogP contribution in [0.3, 0.4) is 0 Å². The molecule has 2 amide bonds. The van der Waals surface area contributed by atoms with Gasteiger partial charge in [-0.05, 0) is 30.0 Å². The first-order chi connectivity index (χ1) is 17.1. The number of phenols is 1. The Balaban J connectivity index is 1.84. The third-order valence-corrected chi connectivity index (χ3v) is 6.02. The standard InChI is InChI=1S/C27H32N4O5/c1-6-18(16-11-8-7-9-12-16)29-26(35)20(15(2)3)30-22-21(24(33)25(22)34)28-19-14-10-13-17(23(19)32)27(36)31(4)5/h7-15,18,20,28,30,32H,6H2,1-5H3,(H,29,35)/t18-,20+/m0/s1. The van der Waals surface area contributed by atoms with Gasteiger partial charge in [0.25, 0.3) is 16.8 Å². The van der Waals surface area contributed by atoms with Crippen molar-refractivity contribution in [3.05, 3.63) is 80.1 Å². The van der Waals surface area contributed by atoms with Crippen LogP contribution in [0.4, 0.5) is 17.1 Å². The first kappa shape index (κ1) is 26.5. The molecule has 0 aliphatic carbocycles. The molecule has 0 saturated carbocycles. The number of nitrogens with zero attached hydrogens (tertiary/aromatic N) is 1. The van der Waals surface area contributed by atoms with Gasteiger partial charge in [-0.15, -0.1) is 0 Å².